The second kappa shape index (κ2) is 8.74. The fourth-order valence-corrected chi connectivity index (χ4v) is 3.22. The van der Waals surface area contributed by atoms with Gasteiger partial charge >= 0.3 is 5.97 Å². The third kappa shape index (κ3) is 4.25. The first-order valence-corrected chi connectivity index (χ1v) is 9.39. The summed E-state index contributed by atoms with van der Waals surface area (Å²) in [5.41, 5.74) is -0.238. The molecule has 0 aliphatic heterocycles. The van der Waals surface area contributed by atoms with Gasteiger partial charge in [-0.25, -0.2) is 18.0 Å². The van der Waals surface area contributed by atoms with E-state index in [1.807, 2.05) is 0 Å². The number of carbonyl (C=O) groups excluding carboxylic acids is 1. The Morgan fingerprint density at radius 1 is 1.07 bits per heavy atom. The number of halogens is 4. The minimum Gasteiger partial charge on any atom is -0.487 e. The van der Waals surface area contributed by atoms with Gasteiger partial charge in [-0.3, -0.25) is 9.36 Å². The van der Waals surface area contributed by atoms with Crippen LogP contribution in [0.4, 0.5) is 13.2 Å². The summed E-state index contributed by atoms with van der Waals surface area (Å²) in [7, 11) is 1.18. The molecule has 0 saturated heterocycles. The second-order valence-corrected chi connectivity index (χ2v) is 7.08. The molecule has 30 heavy (non-hydrogen) atoms. The summed E-state index contributed by atoms with van der Waals surface area (Å²) in [6.07, 6.45) is 0. The lowest BCUT2D eigenvalue weighted by molar-refractivity contribution is 0.0600. The Morgan fingerprint density at radius 2 is 1.80 bits per heavy atom. The number of esters is 1. The quantitative estimate of drug-likeness (QED) is 0.496. The number of aryl methyl sites for hydroxylation is 1. The summed E-state index contributed by atoms with van der Waals surface area (Å²) >= 11 is 3.13. The molecule has 9 heteroatoms. The highest BCUT2D eigenvalue weighted by Gasteiger charge is 2.18. The molecule has 5 nitrogen and oxygen atoms in total. The number of hydrogen-bond donors (Lipinski definition) is 0. The van der Waals surface area contributed by atoms with Gasteiger partial charge in [0.15, 0.2) is 0 Å². The molecule has 0 atom stereocenters. The standard InChI is InChI=1S/C21H15BrF3NO4/c1-11-7-18(30-10-13-3-5-14(23)9-15(13)24)19(22)20(27)26(11)17-6-4-12(8-16(17)25)21(28)29-2/h3-9H,10H2,1-2H3. The van der Waals surface area contributed by atoms with Gasteiger partial charge in [-0.2, -0.15) is 0 Å². The van der Waals surface area contributed by atoms with Gasteiger partial charge in [-0.15, -0.1) is 0 Å². The molecule has 0 N–H and O–H groups in total. The molecule has 0 amide bonds. The minimum atomic E-state index is -0.794. The van der Waals surface area contributed by atoms with E-state index in [1.165, 1.54) is 31.4 Å². The molecule has 1 aromatic heterocycles. The maximum absolute atomic E-state index is 14.6. The molecule has 2 aromatic carbocycles. The summed E-state index contributed by atoms with van der Waals surface area (Å²) in [5.74, 6) is -2.87. The van der Waals surface area contributed by atoms with Crippen molar-refractivity contribution < 1.29 is 27.4 Å². The smallest absolute Gasteiger partial charge is 0.337 e. The van der Waals surface area contributed by atoms with Gasteiger partial charge in [0, 0.05) is 23.4 Å². The van der Waals surface area contributed by atoms with E-state index in [1.54, 1.807) is 6.92 Å². The first kappa shape index (κ1) is 21.6. The average Bonchev–Trinajstić information content (AvgIpc) is 2.71. The van der Waals surface area contributed by atoms with Gasteiger partial charge in [0.1, 0.15) is 34.3 Å². The molecule has 0 spiro atoms. The molecule has 0 aliphatic carbocycles. The fourth-order valence-electron chi connectivity index (χ4n) is 2.81. The predicted octanol–water partition coefficient (Wildman–Crippen LogP) is 4.69. The normalized spacial score (nSPS) is 10.7. The van der Waals surface area contributed by atoms with Crippen LogP contribution in [0, 0.1) is 24.4 Å². The van der Waals surface area contributed by atoms with Crippen molar-refractivity contribution >= 4 is 21.9 Å². The lowest BCUT2D eigenvalue weighted by Crippen LogP contribution is -2.23. The van der Waals surface area contributed by atoms with Gasteiger partial charge < -0.3 is 9.47 Å². The third-order valence-electron chi connectivity index (χ3n) is 4.31. The number of aromatic nitrogens is 1. The number of rotatable bonds is 5. The molecule has 0 unspecified atom stereocenters. The van der Waals surface area contributed by atoms with Crippen molar-refractivity contribution in [2.24, 2.45) is 0 Å². The van der Waals surface area contributed by atoms with Crippen LogP contribution >= 0.6 is 15.9 Å². The zero-order valence-electron chi connectivity index (χ0n) is 15.8. The van der Waals surface area contributed by atoms with E-state index in [0.717, 1.165) is 22.8 Å². The lowest BCUT2D eigenvalue weighted by atomic mass is 10.2. The van der Waals surface area contributed by atoms with Crippen LogP contribution in [0.15, 0.2) is 51.7 Å². The average molecular weight is 482 g/mol. The molecule has 0 fully saturated rings. The summed E-state index contributed by atoms with van der Waals surface area (Å²) in [4.78, 5) is 24.4. The highest BCUT2D eigenvalue weighted by atomic mass is 79.9. The van der Waals surface area contributed by atoms with Crippen LogP contribution in [-0.4, -0.2) is 17.6 Å². The van der Waals surface area contributed by atoms with Gasteiger partial charge in [-0.1, -0.05) is 0 Å². The third-order valence-corrected chi connectivity index (χ3v) is 5.04. The van der Waals surface area contributed by atoms with Crippen LogP contribution in [0.2, 0.25) is 0 Å². The summed E-state index contributed by atoms with van der Waals surface area (Å²) in [6, 6.07) is 8.15. The monoisotopic (exact) mass is 481 g/mol. The number of hydrogen-bond acceptors (Lipinski definition) is 4. The Hall–Kier alpha value is -3.07. The molecule has 0 saturated carbocycles. The van der Waals surface area contributed by atoms with Crippen LogP contribution in [0.25, 0.3) is 5.69 Å². The zero-order valence-corrected chi connectivity index (χ0v) is 17.4. The van der Waals surface area contributed by atoms with Crippen molar-refractivity contribution in [3.8, 4) is 11.4 Å². The number of ether oxygens (including phenoxy) is 2. The van der Waals surface area contributed by atoms with Crippen molar-refractivity contribution in [2.75, 3.05) is 7.11 Å². The summed E-state index contributed by atoms with van der Waals surface area (Å²) < 4.78 is 52.6. The van der Waals surface area contributed by atoms with Crippen molar-refractivity contribution in [2.45, 2.75) is 13.5 Å². The van der Waals surface area contributed by atoms with Crippen molar-refractivity contribution in [3.63, 3.8) is 0 Å². The van der Waals surface area contributed by atoms with Gasteiger partial charge in [0.25, 0.3) is 5.56 Å². The molecule has 0 bridgehead atoms. The van der Waals surface area contributed by atoms with E-state index in [0.29, 0.717) is 5.69 Å². The van der Waals surface area contributed by atoms with E-state index in [2.05, 4.69) is 20.7 Å². The number of methoxy groups -OCH3 is 1. The van der Waals surface area contributed by atoms with Crippen LogP contribution in [0.3, 0.4) is 0 Å². The number of carbonyl (C=O) groups is 1. The lowest BCUT2D eigenvalue weighted by Gasteiger charge is -2.15. The van der Waals surface area contributed by atoms with E-state index >= 15 is 0 Å². The Bertz CT molecular complexity index is 1190. The molecule has 0 radical (unpaired) electrons. The second-order valence-electron chi connectivity index (χ2n) is 6.29. The summed E-state index contributed by atoms with van der Waals surface area (Å²) in [5, 5.41) is 0. The number of nitrogens with zero attached hydrogens (tertiary/aromatic N) is 1. The molecule has 3 rings (SSSR count). The highest BCUT2D eigenvalue weighted by Crippen LogP contribution is 2.26. The zero-order chi connectivity index (χ0) is 22.0. The summed E-state index contributed by atoms with van der Waals surface area (Å²) in [6.45, 7) is 1.32. The predicted molar refractivity (Wildman–Crippen MR) is 106 cm³/mol. The highest BCUT2D eigenvalue weighted by molar-refractivity contribution is 9.10. The van der Waals surface area contributed by atoms with Crippen molar-refractivity contribution in [1.29, 1.82) is 0 Å². The maximum atomic E-state index is 14.6. The Morgan fingerprint density at radius 3 is 2.43 bits per heavy atom. The van der Waals surface area contributed by atoms with Gasteiger partial charge in [0.05, 0.1) is 18.4 Å². The first-order valence-electron chi connectivity index (χ1n) is 8.60. The molecule has 156 valence electrons. The Balaban J connectivity index is 1.95. The fraction of sp³-hybridized carbons (Fsp3) is 0.143. The van der Waals surface area contributed by atoms with E-state index in [4.69, 9.17) is 4.74 Å². The SMILES string of the molecule is COC(=O)c1ccc(-n2c(C)cc(OCc3ccc(F)cc3F)c(Br)c2=O)c(F)c1. The first-order chi connectivity index (χ1) is 14.2. The van der Waals surface area contributed by atoms with Crippen LogP contribution in [0.5, 0.6) is 5.75 Å². The molecule has 1 heterocycles. The minimum absolute atomic E-state index is 0.00444. The number of pyridine rings is 1. The molecule has 0 aliphatic rings. The van der Waals surface area contributed by atoms with Crippen LogP contribution in [-0.2, 0) is 11.3 Å². The molecular weight excluding hydrogens is 467 g/mol. The van der Waals surface area contributed by atoms with E-state index < -0.39 is 29.0 Å². The van der Waals surface area contributed by atoms with E-state index in [-0.39, 0.29) is 33.6 Å². The van der Waals surface area contributed by atoms with Gasteiger partial charge in [-0.05, 0) is 53.2 Å². The topological polar surface area (TPSA) is 57.5 Å². The Kier molecular flexibility index (Phi) is 6.31. The van der Waals surface area contributed by atoms with Crippen LogP contribution in [0.1, 0.15) is 21.6 Å². The molecular formula is C21H15BrF3NO4. The van der Waals surface area contributed by atoms with Gasteiger partial charge in [0.2, 0.25) is 0 Å². The van der Waals surface area contributed by atoms with Crippen molar-refractivity contribution in [1.82, 2.24) is 4.57 Å². The van der Waals surface area contributed by atoms with Crippen LogP contribution < -0.4 is 10.3 Å². The maximum Gasteiger partial charge on any atom is 0.337 e. The molecule has 3 aromatic rings. The van der Waals surface area contributed by atoms with E-state index in [9.17, 15) is 22.8 Å². The largest absolute Gasteiger partial charge is 0.487 e. The van der Waals surface area contributed by atoms with Crippen molar-refractivity contribution in [3.05, 3.63) is 91.6 Å². The number of benzene rings is 2. The Labute approximate surface area is 177 Å².